The Bertz CT molecular complexity index is 938. The summed E-state index contributed by atoms with van der Waals surface area (Å²) in [4.78, 5) is 5.10. The highest BCUT2D eigenvalue weighted by atomic mass is 16.3. The lowest BCUT2D eigenvalue weighted by Crippen LogP contribution is -2.46. The van der Waals surface area contributed by atoms with Gasteiger partial charge in [0.05, 0.1) is 12.1 Å². The Labute approximate surface area is 193 Å². The van der Waals surface area contributed by atoms with Gasteiger partial charge in [-0.15, -0.1) is 0 Å². The summed E-state index contributed by atoms with van der Waals surface area (Å²) in [7, 11) is 0. The van der Waals surface area contributed by atoms with Gasteiger partial charge in [0.1, 0.15) is 0 Å². The zero-order valence-electron chi connectivity index (χ0n) is 19.8. The van der Waals surface area contributed by atoms with E-state index in [2.05, 4.69) is 32.6 Å². The molecular weight excluding hydrogens is 394 g/mol. The van der Waals surface area contributed by atoms with E-state index in [4.69, 9.17) is 0 Å². The summed E-state index contributed by atoms with van der Waals surface area (Å²) < 4.78 is 2.65. The summed E-state index contributed by atoms with van der Waals surface area (Å²) in [6.07, 6.45) is 14.5. The highest BCUT2D eigenvalue weighted by Gasteiger charge is 2.35. The molecule has 0 amide bonds. The topological polar surface area (TPSA) is 31.6 Å². The summed E-state index contributed by atoms with van der Waals surface area (Å²) in [6.45, 7) is 6.16. The number of nitrogens with zero attached hydrogens (tertiary/aromatic N) is 3. The standard InChI is InChI=1S/C28H41N3O/c32-23(19-29-14-5-2-6-15-29)20-30-16-17-31-26-13-12-22(21-8-3-1-4-9-21)18-25(26)24-10-7-11-27(30)28(24)31/h12-13,18,21,23,27,32H,1-11,14-17,19-20H2/t23-,27+/m0/s1. The molecule has 2 aliphatic carbocycles. The number of β-amino-alcohol motifs (C(OH)–C–C–N with tert-alkyl or cyclic N) is 1. The molecule has 2 aliphatic heterocycles. The van der Waals surface area contributed by atoms with Crippen molar-refractivity contribution in [2.45, 2.75) is 95.2 Å². The van der Waals surface area contributed by atoms with Gasteiger partial charge in [-0.1, -0.05) is 31.7 Å². The van der Waals surface area contributed by atoms with E-state index in [9.17, 15) is 5.11 Å². The molecule has 32 heavy (non-hydrogen) atoms. The third kappa shape index (κ3) is 3.93. The van der Waals surface area contributed by atoms with Crippen LogP contribution >= 0.6 is 0 Å². The van der Waals surface area contributed by atoms with Gasteiger partial charge in [0.15, 0.2) is 0 Å². The van der Waals surface area contributed by atoms with Crippen molar-refractivity contribution in [3.05, 3.63) is 35.0 Å². The normalized spacial score (nSPS) is 26.3. The summed E-state index contributed by atoms with van der Waals surface area (Å²) in [5.74, 6) is 0.776. The Morgan fingerprint density at radius 1 is 0.844 bits per heavy atom. The molecule has 1 N–H and O–H groups in total. The van der Waals surface area contributed by atoms with Gasteiger partial charge < -0.3 is 14.6 Å². The second-order valence-corrected chi connectivity index (χ2v) is 11.0. The molecule has 6 rings (SSSR count). The lowest BCUT2D eigenvalue weighted by Gasteiger charge is -2.41. The van der Waals surface area contributed by atoms with Gasteiger partial charge in [-0.05, 0) is 87.2 Å². The quantitative estimate of drug-likeness (QED) is 0.698. The van der Waals surface area contributed by atoms with Crippen LogP contribution < -0.4 is 0 Å². The molecule has 4 nitrogen and oxygen atoms in total. The molecule has 4 aliphatic rings. The van der Waals surface area contributed by atoms with Crippen molar-refractivity contribution in [3.63, 3.8) is 0 Å². The van der Waals surface area contributed by atoms with Crippen molar-refractivity contribution in [2.75, 3.05) is 32.7 Å². The highest BCUT2D eigenvalue weighted by molar-refractivity contribution is 5.87. The van der Waals surface area contributed by atoms with Crippen molar-refractivity contribution in [1.82, 2.24) is 14.4 Å². The van der Waals surface area contributed by atoms with Crippen molar-refractivity contribution in [3.8, 4) is 0 Å². The smallest absolute Gasteiger partial charge is 0.0794 e. The minimum absolute atomic E-state index is 0.229. The molecule has 3 heterocycles. The van der Waals surface area contributed by atoms with Crippen LogP contribution in [0, 0.1) is 0 Å². The molecule has 1 saturated carbocycles. The van der Waals surface area contributed by atoms with Gasteiger partial charge in [-0.3, -0.25) is 4.90 Å². The van der Waals surface area contributed by atoms with Crippen LogP contribution in [0.2, 0.25) is 0 Å². The molecule has 0 unspecified atom stereocenters. The number of hydrogen-bond donors (Lipinski definition) is 1. The van der Waals surface area contributed by atoms with Crippen LogP contribution in [0.4, 0.5) is 0 Å². The zero-order chi connectivity index (χ0) is 21.5. The first-order valence-electron chi connectivity index (χ1n) is 13.6. The van der Waals surface area contributed by atoms with Crippen LogP contribution in [-0.2, 0) is 13.0 Å². The van der Waals surface area contributed by atoms with E-state index in [0.717, 1.165) is 32.1 Å². The second kappa shape index (κ2) is 9.12. The number of benzene rings is 1. The monoisotopic (exact) mass is 435 g/mol. The Morgan fingerprint density at radius 2 is 1.66 bits per heavy atom. The van der Waals surface area contributed by atoms with E-state index in [1.165, 1.54) is 89.2 Å². The molecule has 1 aromatic heterocycles. The fourth-order valence-electron chi connectivity index (χ4n) is 7.37. The van der Waals surface area contributed by atoms with E-state index in [0.29, 0.717) is 6.04 Å². The Kier molecular flexibility index (Phi) is 6.04. The lowest BCUT2D eigenvalue weighted by molar-refractivity contribution is 0.0381. The maximum atomic E-state index is 10.9. The van der Waals surface area contributed by atoms with Gasteiger partial charge in [0, 0.05) is 42.8 Å². The molecule has 2 atom stereocenters. The minimum Gasteiger partial charge on any atom is -0.390 e. The van der Waals surface area contributed by atoms with Crippen LogP contribution in [0.3, 0.4) is 0 Å². The van der Waals surface area contributed by atoms with Gasteiger partial charge in [0.25, 0.3) is 0 Å². The van der Waals surface area contributed by atoms with E-state index in [-0.39, 0.29) is 6.10 Å². The Balaban J connectivity index is 1.25. The fraction of sp³-hybridized carbons (Fsp3) is 0.714. The number of hydrogen-bond acceptors (Lipinski definition) is 3. The third-order valence-corrected chi connectivity index (χ3v) is 8.95. The number of aliphatic hydroxyl groups excluding tert-OH is 1. The first-order chi connectivity index (χ1) is 15.8. The van der Waals surface area contributed by atoms with Crippen LogP contribution in [0.1, 0.15) is 93.0 Å². The van der Waals surface area contributed by atoms with Crippen molar-refractivity contribution >= 4 is 10.9 Å². The average Bonchev–Trinajstić information content (AvgIpc) is 3.16. The summed E-state index contributed by atoms with van der Waals surface area (Å²) in [5, 5.41) is 12.5. The van der Waals surface area contributed by atoms with E-state index < -0.39 is 0 Å². The van der Waals surface area contributed by atoms with Gasteiger partial charge >= 0.3 is 0 Å². The first-order valence-corrected chi connectivity index (χ1v) is 13.6. The number of aromatic nitrogens is 1. The van der Waals surface area contributed by atoms with Crippen LogP contribution in [0.25, 0.3) is 10.9 Å². The second-order valence-electron chi connectivity index (χ2n) is 11.0. The van der Waals surface area contributed by atoms with E-state index in [1.54, 1.807) is 22.2 Å². The molecule has 1 aromatic carbocycles. The number of aliphatic hydroxyl groups is 1. The molecule has 0 spiro atoms. The molecule has 2 fully saturated rings. The van der Waals surface area contributed by atoms with E-state index >= 15 is 0 Å². The summed E-state index contributed by atoms with van der Waals surface area (Å²) >= 11 is 0. The van der Waals surface area contributed by atoms with Crippen molar-refractivity contribution in [1.29, 1.82) is 0 Å². The van der Waals surface area contributed by atoms with Crippen LogP contribution in [0.5, 0.6) is 0 Å². The first kappa shape index (κ1) is 21.2. The molecule has 174 valence electrons. The molecule has 1 saturated heterocycles. The average molecular weight is 436 g/mol. The zero-order valence-corrected chi connectivity index (χ0v) is 19.8. The number of piperidine rings is 1. The van der Waals surface area contributed by atoms with Crippen molar-refractivity contribution in [2.24, 2.45) is 0 Å². The maximum absolute atomic E-state index is 10.9. The third-order valence-electron chi connectivity index (χ3n) is 8.95. The number of aryl methyl sites for hydroxylation is 1. The van der Waals surface area contributed by atoms with Crippen molar-refractivity contribution < 1.29 is 5.11 Å². The highest BCUT2D eigenvalue weighted by Crippen LogP contribution is 2.44. The predicted molar refractivity (Wildman–Crippen MR) is 131 cm³/mol. The number of likely N-dealkylation sites (tertiary alicyclic amines) is 1. The number of rotatable bonds is 5. The maximum Gasteiger partial charge on any atom is 0.0794 e. The SMILES string of the molecule is O[C@@H](CN1CCCCC1)CN1CCn2c3c(c4cc(C5CCCCC5)ccc42)CCC[C@H]31. The Morgan fingerprint density at radius 3 is 2.50 bits per heavy atom. The minimum atomic E-state index is -0.229. The lowest BCUT2D eigenvalue weighted by atomic mass is 9.83. The Hall–Kier alpha value is -1.36. The van der Waals surface area contributed by atoms with Gasteiger partial charge in [-0.25, -0.2) is 0 Å². The summed E-state index contributed by atoms with van der Waals surface area (Å²) in [5.41, 5.74) is 6.27. The molecule has 0 bridgehead atoms. The van der Waals surface area contributed by atoms with Crippen LogP contribution in [0.15, 0.2) is 18.2 Å². The predicted octanol–water partition coefficient (Wildman–Crippen LogP) is 5.23. The number of fused-ring (bicyclic) bond motifs is 3. The van der Waals surface area contributed by atoms with Gasteiger partial charge in [-0.2, -0.15) is 0 Å². The molecular formula is C28H41N3O. The largest absolute Gasteiger partial charge is 0.390 e. The summed E-state index contributed by atoms with van der Waals surface area (Å²) in [6, 6.07) is 7.95. The molecule has 4 heteroatoms. The van der Waals surface area contributed by atoms with Crippen LogP contribution in [-0.4, -0.2) is 58.3 Å². The van der Waals surface area contributed by atoms with E-state index in [1.807, 2.05) is 0 Å². The van der Waals surface area contributed by atoms with Gasteiger partial charge in [0.2, 0.25) is 0 Å². The fourth-order valence-corrected chi connectivity index (χ4v) is 7.37. The molecule has 2 aromatic rings. The molecule has 0 radical (unpaired) electrons.